The molecule has 90 valence electrons. The van der Waals surface area contributed by atoms with E-state index in [-0.39, 0.29) is 0 Å². The van der Waals surface area contributed by atoms with E-state index < -0.39 is 0 Å². The number of rotatable bonds is 6. The fourth-order valence-electron chi connectivity index (χ4n) is 1.26. The summed E-state index contributed by atoms with van der Waals surface area (Å²) in [5, 5.41) is 3.37. The Balaban J connectivity index is 2.37. The van der Waals surface area contributed by atoms with Crippen LogP contribution in [0.2, 0.25) is 0 Å². The van der Waals surface area contributed by atoms with Crippen LogP contribution in [0.15, 0.2) is 18.2 Å². The molecule has 16 heavy (non-hydrogen) atoms. The monoisotopic (exact) mass is 223 g/mol. The number of pyridine rings is 1. The first-order valence-corrected chi connectivity index (χ1v) is 5.50. The minimum Gasteiger partial charge on any atom is -0.481 e. The van der Waals surface area contributed by atoms with Gasteiger partial charge in [0.05, 0.1) is 12.8 Å². The van der Waals surface area contributed by atoms with Crippen molar-refractivity contribution in [1.29, 1.82) is 0 Å². The van der Waals surface area contributed by atoms with Crippen LogP contribution in [0.1, 0.15) is 12.6 Å². The van der Waals surface area contributed by atoms with Gasteiger partial charge in [-0.2, -0.15) is 0 Å². The summed E-state index contributed by atoms with van der Waals surface area (Å²) < 4.78 is 5.07. The fraction of sp³-hybridized carbons (Fsp3) is 0.583. The van der Waals surface area contributed by atoms with Crippen LogP contribution in [-0.4, -0.2) is 43.7 Å². The molecule has 0 amide bonds. The Hall–Kier alpha value is -1.13. The molecule has 1 aromatic heterocycles. The highest BCUT2D eigenvalue weighted by Crippen LogP contribution is 2.06. The minimum absolute atomic E-state index is 0.519. The Kier molecular flexibility index (Phi) is 5.22. The molecule has 1 N–H and O–H groups in total. The maximum atomic E-state index is 5.07. The quantitative estimate of drug-likeness (QED) is 0.784. The number of aromatic nitrogens is 1. The van der Waals surface area contributed by atoms with Crippen molar-refractivity contribution in [3.63, 3.8) is 0 Å². The molecule has 1 atom stereocenters. The van der Waals surface area contributed by atoms with Gasteiger partial charge in [0.2, 0.25) is 5.88 Å². The average Bonchev–Trinajstić information content (AvgIpc) is 2.29. The van der Waals surface area contributed by atoms with E-state index in [1.807, 2.05) is 18.2 Å². The van der Waals surface area contributed by atoms with Crippen molar-refractivity contribution >= 4 is 0 Å². The van der Waals surface area contributed by atoms with E-state index in [0.29, 0.717) is 11.9 Å². The smallest absolute Gasteiger partial charge is 0.213 e. The maximum absolute atomic E-state index is 5.07. The second kappa shape index (κ2) is 6.45. The number of methoxy groups -OCH3 is 1. The van der Waals surface area contributed by atoms with E-state index in [1.54, 1.807) is 7.11 Å². The Morgan fingerprint density at radius 2 is 2.19 bits per heavy atom. The third-order valence-corrected chi connectivity index (χ3v) is 2.62. The molecule has 1 unspecified atom stereocenters. The van der Waals surface area contributed by atoms with Crippen molar-refractivity contribution in [2.75, 3.05) is 27.7 Å². The number of hydrogen-bond donors (Lipinski definition) is 1. The van der Waals surface area contributed by atoms with Crippen LogP contribution in [0.4, 0.5) is 0 Å². The summed E-state index contributed by atoms with van der Waals surface area (Å²) in [4.78, 5) is 6.52. The Labute approximate surface area is 97.6 Å². The molecule has 0 aliphatic rings. The number of hydrogen-bond acceptors (Lipinski definition) is 4. The number of nitrogens with zero attached hydrogens (tertiary/aromatic N) is 2. The average molecular weight is 223 g/mol. The summed E-state index contributed by atoms with van der Waals surface area (Å²) in [5.74, 6) is 0.667. The van der Waals surface area contributed by atoms with Gasteiger partial charge in [-0.15, -0.1) is 0 Å². The summed E-state index contributed by atoms with van der Waals surface area (Å²) in [7, 11) is 5.79. The van der Waals surface area contributed by atoms with E-state index in [2.05, 4.69) is 36.2 Å². The third kappa shape index (κ3) is 4.16. The SMILES string of the molecule is COc1cccc(CNCC(C)N(C)C)n1. The van der Waals surface area contributed by atoms with E-state index >= 15 is 0 Å². The van der Waals surface area contributed by atoms with Crippen molar-refractivity contribution in [3.8, 4) is 5.88 Å². The van der Waals surface area contributed by atoms with E-state index in [9.17, 15) is 0 Å². The summed E-state index contributed by atoms with van der Waals surface area (Å²) in [5.41, 5.74) is 1.00. The molecule has 0 fully saturated rings. The maximum Gasteiger partial charge on any atom is 0.213 e. The molecule has 0 aromatic carbocycles. The van der Waals surface area contributed by atoms with Crippen LogP contribution in [0.25, 0.3) is 0 Å². The molecular formula is C12H21N3O. The Bertz CT molecular complexity index is 315. The van der Waals surface area contributed by atoms with Gasteiger partial charge in [0.15, 0.2) is 0 Å². The van der Waals surface area contributed by atoms with E-state index in [1.165, 1.54) is 0 Å². The molecule has 0 radical (unpaired) electrons. The van der Waals surface area contributed by atoms with E-state index in [0.717, 1.165) is 18.8 Å². The zero-order chi connectivity index (χ0) is 12.0. The number of nitrogens with one attached hydrogen (secondary N) is 1. The van der Waals surface area contributed by atoms with Gasteiger partial charge in [-0.1, -0.05) is 6.07 Å². The number of ether oxygens (including phenoxy) is 1. The fourth-order valence-corrected chi connectivity index (χ4v) is 1.26. The molecular weight excluding hydrogens is 202 g/mol. The summed E-state index contributed by atoms with van der Waals surface area (Å²) >= 11 is 0. The van der Waals surface area contributed by atoms with Crippen molar-refractivity contribution in [1.82, 2.24) is 15.2 Å². The minimum atomic E-state index is 0.519. The molecule has 4 nitrogen and oxygen atoms in total. The predicted octanol–water partition coefficient (Wildman–Crippen LogP) is 1.13. The lowest BCUT2D eigenvalue weighted by Crippen LogP contribution is -2.35. The first kappa shape index (κ1) is 12.9. The molecule has 1 aromatic rings. The third-order valence-electron chi connectivity index (χ3n) is 2.62. The molecule has 0 saturated heterocycles. The first-order valence-electron chi connectivity index (χ1n) is 5.50. The molecule has 1 heterocycles. The lowest BCUT2D eigenvalue weighted by atomic mass is 10.3. The van der Waals surface area contributed by atoms with Crippen LogP contribution in [-0.2, 0) is 6.54 Å². The molecule has 0 aliphatic carbocycles. The van der Waals surface area contributed by atoms with Gasteiger partial charge in [-0.05, 0) is 27.1 Å². The van der Waals surface area contributed by atoms with Gasteiger partial charge in [0.25, 0.3) is 0 Å². The second-order valence-corrected chi connectivity index (χ2v) is 4.11. The molecule has 0 aliphatic heterocycles. The van der Waals surface area contributed by atoms with E-state index in [4.69, 9.17) is 4.74 Å². The lowest BCUT2D eigenvalue weighted by Gasteiger charge is -2.19. The van der Waals surface area contributed by atoms with Crippen LogP contribution in [0, 0.1) is 0 Å². The molecule has 4 heteroatoms. The highest BCUT2D eigenvalue weighted by Gasteiger charge is 2.03. The first-order chi connectivity index (χ1) is 7.63. The summed E-state index contributed by atoms with van der Waals surface area (Å²) in [6.07, 6.45) is 0. The highest BCUT2D eigenvalue weighted by molar-refractivity contribution is 5.15. The summed E-state index contributed by atoms with van der Waals surface area (Å²) in [6, 6.07) is 6.32. The van der Waals surface area contributed by atoms with Crippen molar-refractivity contribution in [3.05, 3.63) is 23.9 Å². The van der Waals surface area contributed by atoms with Crippen molar-refractivity contribution in [2.45, 2.75) is 19.5 Å². The van der Waals surface area contributed by atoms with Crippen LogP contribution in [0.3, 0.4) is 0 Å². The summed E-state index contributed by atoms with van der Waals surface area (Å²) in [6.45, 7) is 3.91. The number of likely N-dealkylation sites (N-methyl/N-ethyl adjacent to an activating group) is 1. The zero-order valence-corrected chi connectivity index (χ0v) is 10.5. The van der Waals surface area contributed by atoms with Gasteiger partial charge < -0.3 is 15.0 Å². The molecule has 0 saturated carbocycles. The normalized spacial score (nSPS) is 12.8. The van der Waals surface area contributed by atoms with Gasteiger partial charge in [-0.3, -0.25) is 0 Å². The van der Waals surface area contributed by atoms with Gasteiger partial charge in [0, 0.05) is 25.2 Å². The van der Waals surface area contributed by atoms with Gasteiger partial charge in [-0.25, -0.2) is 4.98 Å². The standard InChI is InChI=1S/C12H21N3O/c1-10(15(2)3)8-13-9-11-6-5-7-12(14-11)16-4/h5-7,10,13H,8-9H2,1-4H3. The van der Waals surface area contributed by atoms with Crippen LogP contribution in [0.5, 0.6) is 5.88 Å². The molecule has 0 spiro atoms. The van der Waals surface area contributed by atoms with Crippen LogP contribution < -0.4 is 10.1 Å². The van der Waals surface area contributed by atoms with Crippen molar-refractivity contribution in [2.24, 2.45) is 0 Å². The Morgan fingerprint density at radius 3 is 2.81 bits per heavy atom. The highest BCUT2D eigenvalue weighted by atomic mass is 16.5. The predicted molar refractivity (Wildman–Crippen MR) is 65.6 cm³/mol. The second-order valence-electron chi connectivity index (χ2n) is 4.11. The molecule has 1 rings (SSSR count). The van der Waals surface area contributed by atoms with Crippen LogP contribution >= 0.6 is 0 Å². The lowest BCUT2D eigenvalue weighted by molar-refractivity contribution is 0.302. The zero-order valence-electron chi connectivity index (χ0n) is 10.5. The van der Waals surface area contributed by atoms with Crippen molar-refractivity contribution < 1.29 is 4.74 Å². The van der Waals surface area contributed by atoms with Gasteiger partial charge in [0.1, 0.15) is 0 Å². The Morgan fingerprint density at radius 1 is 1.44 bits per heavy atom. The largest absolute Gasteiger partial charge is 0.481 e. The topological polar surface area (TPSA) is 37.4 Å². The van der Waals surface area contributed by atoms with Gasteiger partial charge >= 0.3 is 0 Å². The molecule has 0 bridgehead atoms.